The van der Waals surface area contributed by atoms with Gasteiger partial charge in [-0.15, -0.1) is 0 Å². The summed E-state index contributed by atoms with van der Waals surface area (Å²) >= 11 is 0. The van der Waals surface area contributed by atoms with Crippen LogP contribution in [0.2, 0.25) is 0 Å². The molecule has 0 spiro atoms. The minimum absolute atomic E-state index is 0.139. The van der Waals surface area contributed by atoms with Crippen molar-refractivity contribution in [2.75, 3.05) is 45.9 Å². The molecule has 0 aromatic heterocycles. The van der Waals surface area contributed by atoms with E-state index in [1.807, 2.05) is 11.0 Å². The maximum atomic E-state index is 11.7. The van der Waals surface area contributed by atoms with Gasteiger partial charge in [0.1, 0.15) is 13.2 Å². The Morgan fingerprint density at radius 1 is 1.21 bits per heavy atom. The number of ether oxygens (including phenoxy) is 2. The lowest BCUT2D eigenvalue weighted by atomic mass is 9.84. The minimum Gasteiger partial charge on any atom is -0.486 e. The zero-order chi connectivity index (χ0) is 20.7. The van der Waals surface area contributed by atoms with E-state index in [-0.39, 0.29) is 11.3 Å². The fourth-order valence-corrected chi connectivity index (χ4v) is 3.59. The lowest BCUT2D eigenvalue weighted by molar-refractivity contribution is -0.127. The molecule has 160 valence electrons. The smallest absolute Gasteiger partial charge is 0.222 e. The molecule has 7 nitrogen and oxygen atoms in total. The molecule has 1 amide bonds. The van der Waals surface area contributed by atoms with Crippen molar-refractivity contribution in [3.8, 4) is 11.5 Å². The molecule has 0 aliphatic carbocycles. The standard InChI is InChI=1S/C22H34N4O3/c1-4-23-21(24-10-6-12-26-11-5-7-20(26)27)25-16-22(2,3)17-8-9-18-19(15-17)29-14-13-28-18/h8-9,15H,4-7,10-14,16H2,1-3H3,(H2,23,24,25). The van der Waals surface area contributed by atoms with Crippen molar-refractivity contribution >= 4 is 11.9 Å². The molecule has 3 rings (SSSR count). The highest BCUT2D eigenvalue weighted by Gasteiger charge is 2.24. The van der Waals surface area contributed by atoms with Gasteiger partial charge in [-0.2, -0.15) is 0 Å². The zero-order valence-corrected chi connectivity index (χ0v) is 17.9. The Bertz CT molecular complexity index is 733. The maximum Gasteiger partial charge on any atom is 0.222 e. The Labute approximate surface area is 173 Å². The van der Waals surface area contributed by atoms with E-state index in [0.29, 0.717) is 26.2 Å². The van der Waals surface area contributed by atoms with Crippen molar-refractivity contribution < 1.29 is 14.3 Å². The summed E-state index contributed by atoms with van der Waals surface area (Å²) < 4.78 is 11.3. The summed E-state index contributed by atoms with van der Waals surface area (Å²) in [4.78, 5) is 18.4. The molecule has 0 atom stereocenters. The number of nitrogens with one attached hydrogen (secondary N) is 2. The van der Waals surface area contributed by atoms with Crippen molar-refractivity contribution in [2.45, 2.75) is 45.4 Å². The van der Waals surface area contributed by atoms with Crippen LogP contribution in [0.1, 0.15) is 45.6 Å². The maximum absolute atomic E-state index is 11.7. The molecule has 1 aromatic rings. The second-order valence-corrected chi connectivity index (χ2v) is 8.20. The predicted octanol–water partition coefficient (Wildman–Crippen LogP) is 2.30. The molecule has 0 unspecified atom stereocenters. The van der Waals surface area contributed by atoms with E-state index in [9.17, 15) is 4.79 Å². The van der Waals surface area contributed by atoms with E-state index in [0.717, 1.165) is 56.5 Å². The van der Waals surface area contributed by atoms with Gasteiger partial charge in [0, 0.05) is 38.0 Å². The third-order valence-electron chi connectivity index (χ3n) is 5.37. The number of hydrogen-bond acceptors (Lipinski definition) is 4. The Morgan fingerprint density at radius 3 is 2.72 bits per heavy atom. The van der Waals surface area contributed by atoms with Gasteiger partial charge in [0.05, 0.1) is 6.54 Å². The number of fused-ring (bicyclic) bond motifs is 1. The summed E-state index contributed by atoms with van der Waals surface area (Å²) in [6.07, 6.45) is 2.61. The molecule has 2 aliphatic rings. The van der Waals surface area contributed by atoms with Crippen LogP contribution in [0.25, 0.3) is 0 Å². The van der Waals surface area contributed by atoms with Gasteiger partial charge >= 0.3 is 0 Å². The molecule has 2 heterocycles. The summed E-state index contributed by atoms with van der Waals surface area (Å²) in [5.74, 6) is 2.72. The van der Waals surface area contributed by atoms with Gasteiger partial charge in [0.2, 0.25) is 5.91 Å². The molecule has 2 N–H and O–H groups in total. The number of likely N-dealkylation sites (tertiary alicyclic amines) is 1. The molecule has 0 saturated carbocycles. The van der Waals surface area contributed by atoms with Crippen molar-refractivity contribution in [3.63, 3.8) is 0 Å². The van der Waals surface area contributed by atoms with Crippen molar-refractivity contribution in [1.82, 2.24) is 15.5 Å². The minimum atomic E-state index is -0.139. The number of hydrogen-bond donors (Lipinski definition) is 2. The third kappa shape index (κ3) is 5.78. The quantitative estimate of drug-likeness (QED) is 0.396. The largest absolute Gasteiger partial charge is 0.486 e. The first-order chi connectivity index (χ1) is 14.0. The Balaban J connectivity index is 1.54. The second kappa shape index (κ2) is 9.85. The monoisotopic (exact) mass is 402 g/mol. The van der Waals surface area contributed by atoms with Gasteiger partial charge in [-0.05, 0) is 37.5 Å². The van der Waals surface area contributed by atoms with Gasteiger partial charge < -0.3 is 25.0 Å². The fraction of sp³-hybridized carbons (Fsp3) is 0.636. The highest BCUT2D eigenvalue weighted by molar-refractivity contribution is 5.80. The van der Waals surface area contributed by atoms with Crippen molar-refractivity contribution in [2.24, 2.45) is 4.99 Å². The molecule has 29 heavy (non-hydrogen) atoms. The predicted molar refractivity (Wildman–Crippen MR) is 115 cm³/mol. The van der Waals surface area contributed by atoms with E-state index >= 15 is 0 Å². The molecular weight excluding hydrogens is 368 g/mol. The molecule has 0 bridgehead atoms. The first kappa shape index (κ1) is 21.3. The van der Waals surface area contributed by atoms with E-state index in [2.05, 4.69) is 43.5 Å². The number of carbonyl (C=O) groups is 1. The normalized spacial score (nSPS) is 16.9. The topological polar surface area (TPSA) is 75.2 Å². The highest BCUT2D eigenvalue weighted by Crippen LogP contribution is 2.35. The molecule has 1 saturated heterocycles. The number of carbonyl (C=O) groups excluding carboxylic acids is 1. The Hall–Kier alpha value is -2.44. The molecule has 2 aliphatic heterocycles. The molecule has 1 aromatic carbocycles. The molecule has 1 fully saturated rings. The van der Waals surface area contributed by atoms with Crippen molar-refractivity contribution in [3.05, 3.63) is 23.8 Å². The van der Waals surface area contributed by atoms with Gasteiger partial charge in [-0.1, -0.05) is 19.9 Å². The van der Waals surface area contributed by atoms with Crippen LogP contribution in [0.4, 0.5) is 0 Å². The van der Waals surface area contributed by atoms with Crippen molar-refractivity contribution in [1.29, 1.82) is 0 Å². The zero-order valence-electron chi connectivity index (χ0n) is 17.9. The van der Waals surface area contributed by atoms with Crippen LogP contribution in [-0.4, -0.2) is 62.7 Å². The van der Waals surface area contributed by atoms with Gasteiger partial charge in [-0.25, -0.2) is 0 Å². The van der Waals surface area contributed by atoms with Gasteiger partial charge in [0.25, 0.3) is 0 Å². The van der Waals surface area contributed by atoms with E-state index < -0.39 is 0 Å². The molecule has 0 radical (unpaired) electrons. The summed E-state index contributed by atoms with van der Waals surface area (Å²) in [5.41, 5.74) is 1.04. The SMILES string of the molecule is CCNC(=NCC(C)(C)c1ccc2c(c1)OCCO2)NCCCN1CCCC1=O. The average molecular weight is 403 g/mol. The summed E-state index contributed by atoms with van der Waals surface area (Å²) in [7, 11) is 0. The van der Waals surface area contributed by atoms with Crippen LogP contribution in [0, 0.1) is 0 Å². The fourth-order valence-electron chi connectivity index (χ4n) is 3.59. The first-order valence-corrected chi connectivity index (χ1v) is 10.7. The lowest BCUT2D eigenvalue weighted by Gasteiger charge is -2.26. The third-order valence-corrected chi connectivity index (χ3v) is 5.37. The first-order valence-electron chi connectivity index (χ1n) is 10.7. The van der Waals surface area contributed by atoms with Crippen LogP contribution in [-0.2, 0) is 10.2 Å². The Kier molecular flexibility index (Phi) is 7.23. The van der Waals surface area contributed by atoms with E-state index in [1.165, 1.54) is 5.56 Å². The van der Waals surface area contributed by atoms with Crippen LogP contribution in [0.3, 0.4) is 0 Å². The van der Waals surface area contributed by atoms with Crippen LogP contribution in [0.5, 0.6) is 11.5 Å². The number of guanidine groups is 1. The highest BCUT2D eigenvalue weighted by atomic mass is 16.6. The second-order valence-electron chi connectivity index (χ2n) is 8.20. The van der Waals surface area contributed by atoms with E-state index in [4.69, 9.17) is 14.5 Å². The van der Waals surface area contributed by atoms with Gasteiger partial charge in [-0.3, -0.25) is 9.79 Å². The number of rotatable bonds is 8. The average Bonchev–Trinajstić information content (AvgIpc) is 3.13. The number of aliphatic imine (C=N–C) groups is 1. The van der Waals surface area contributed by atoms with Crippen LogP contribution in [0.15, 0.2) is 23.2 Å². The number of nitrogens with zero attached hydrogens (tertiary/aromatic N) is 2. The van der Waals surface area contributed by atoms with E-state index in [1.54, 1.807) is 0 Å². The summed E-state index contributed by atoms with van der Waals surface area (Å²) in [6.45, 7) is 11.6. The Morgan fingerprint density at radius 2 is 2.00 bits per heavy atom. The molecular formula is C22H34N4O3. The summed E-state index contributed by atoms with van der Waals surface area (Å²) in [6, 6.07) is 6.15. The molecule has 7 heteroatoms. The number of amides is 1. The number of benzene rings is 1. The van der Waals surface area contributed by atoms with Crippen LogP contribution >= 0.6 is 0 Å². The van der Waals surface area contributed by atoms with Crippen LogP contribution < -0.4 is 20.1 Å². The van der Waals surface area contributed by atoms with Gasteiger partial charge in [0.15, 0.2) is 17.5 Å². The lowest BCUT2D eigenvalue weighted by Crippen LogP contribution is -2.40. The summed E-state index contributed by atoms with van der Waals surface area (Å²) in [5, 5.41) is 6.70.